The number of imidazole rings is 1. The zero-order valence-electron chi connectivity index (χ0n) is 15.7. The minimum Gasteiger partial charge on any atom is -0.356 e. The quantitative estimate of drug-likeness (QED) is 0.488. The number of anilines is 3. The molecule has 0 aliphatic rings. The van der Waals surface area contributed by atoms with Crippen molar-refractivity contribution in [3.05, 3.63) is 95.3 Å². The predicted molar refractivity (Wildman–Crippen MR) is 113 cm³/mol. The van der Waals surface area contributed by atoms with Gasteiger partial charge in [0.2, 0.25) is 5.56 Å². The summed E-state index contributed by atoms with van der Waals surface area (Å²) in [5.74, 6) is -0.191. The van der Waals surface area contributed by atoms with Crippen LogP contribution < -0.4 is 16.2 Å². The molecule has 0 spiro atoms. The smallest absolute Gasteiger partial charge is 0.291 e. The van der Waals surface area contributed by atoms with Gasteiger partial charge < -0.3 is 20.2 Å². The van der Waals surface area contributed by atoms with Crippen molar-refractivity contribution < 1.29 is 4.79 Å². The first kappa shape index (κ1) is 18.2. The summed E-state index contributed by atoms with van der Waals surface area (Å²) < 4.78 is 1.40. The highest BCUT2D eigenvalue weighted by Crippen LogP contribution is 2.23. The Kier molecular flexibility index (Phi) is 4.94. The lowest BCUT2D eigenvalue weighted by Crippen LogP contribution is -2.18. The van der Waals surface area contributed by atoms with Gasteiger partial charge >= 0.3 is 0 Å². The standard InChI is InChI=1S/C22H19N5O2/c1-27-14-18(10-11-20(27)28)25-22(29)21-23-13-19(26-21)15-6-5-9-17(12-15)24-16-7-3-2-4-8-16/h2-14,24H,1H3,(H,23,26)(H,25,29). The first-order valence-corrected chi connectivity index (χ1v) is 9.04. The van der Waals surface area contributed by atoms with Crippen molar-refractivity contribution in [3.63, 3.8) is 0 Å². The van der Waals surface area contributed by atoms with Crippen molar-refractivity contribution in [3.8, 4) is 11.3 Å². The van der Waals surface area contributed by atoms with E-state index in [9.17, 15) is 9.59 Å². The van der Waals surface area contributed by atoms with Crippen molar-refractivity contribution in [2.75, 3.05) is 10.6 Å². The Hall–Kier alpha value is -4.13. The normalized spacial score (nSPS) is 10.5. The van der Waals surface area contributed by atoms with E-state index in [1.54, 1.807) is 25.5 Å². The molecule has 3 N–H and O–H groups in total. The largest absolute Gasteiger partial charge is 0.356 e. The van der Waals surface area contributed by atoms with Gasteiger partial charge in [-0.2, -0.15) is 0 Å². The molecule has 0 fully saturated rings. The molecule has 0 saturated carbocycles. The van der Waals surface area contributed by atoms with Gasteiger partial charge in [0.25, 0.3) is 5.91 Å². The topological polar surface area (TPSA) is 91.8 Å². The van der Waals surface area contributed by atoms with Crippen LogP contribution in [0.25, 0.3) is 11.3 Å². The number of benzene rings is 2. The second-order valence-electron chi connectivity index (χ2n) is 6.54. The summed E-state index contributed by atoms with van der Waals surface area (Å²) in [6, 6.07) is 20.7. The Labute approximate surface area is 167 Å². The number of para-hydroxylation sites is 1. The Balaban J connectivity index is 1.51. The molecule has 2 aromatic carbocycles. The monoisotopic (exact) mass is 385 g/mol. The Bertz CT molecular complexity index is 1210. The summed E-state index contributed by atoms with van der Waals surface area (Å²) in [4.78, 5) is 31.1. The number of nitrogens with one attached hydrogen (secondary N) is 3. The van der Waals surface area contributed by atoms with Crippen LogP contribution >= 0.6 is 0 Å². The van der Waals surface area contributed by atoms with Gasteiger partial charge in [-0.1, -0.05) is 30.3 Å². The van der Waals surface area contributed by atoms with Gasteiger partial charge in [-0.3, -0.25) is 9.59 Å². The molecular formula is C22H19N5O2. The lowest BCUT2D eigenvalue weighted by molar-refractivity contribution is 0.101. The molecule has 4 rings (SSSR count). The fourth-order valence-corrected chi connectivity index (χ4v) is 2.89. The van der Waals surface area contributed by atoms with Crippen LogP contribution in [0.1, 0.15) is 10.6 Å². The summed E-state index contributed by atoms with van der Waals surface area (Å²) in [6.07, 6.45) is 3.18. The zero-order chi connectivity index (χ0) is 20.2. The maximum Gasteiger partial charge on any atom is 0.291 e. The third-order valence-corrected chi connectivity index (χ3v) is 4.37. The van der Waals surface area contributed by atoms with Gasteiger partial charge in [0, 0.05) is 36.2 Å². The summed E-state index contributed by atoms with van der Waals surface area (Å²) in [5.41, 5.74) is 3.93. The van der Waals surface area contributed by atoms with E-state index >= 15 is 0 Å². The third kappa shape index (κ3) is 4.24. The molecule has 0 bridgehead atoms. The van der Waals surface area contributed by atoms with E-state index in [1.165, 1.54) is 10.6 Å². The summed E-state index contributed by atoms with van der Waals surface area (Å²) >= 11 is 0. The maximum absolute atomic E-state index is 12.5. The number of carbonyl (C=O) groups excluding carboxylic acids is 1. The fourth-order valence-electron chi connectivity index (χ4n) is 2.89. The van der Waals surface area contributed by atoms with Crippen molar-refractivity contribution in [2.45, 2.75) is 0 Å². The molecule has 0 atom stereocenters. The highest BCUT2D eigenvalue weighted by molar-refractivity contribution is 6.01. The van der Waals surface area contributed by atoms with Crippen LogP contribution in [0.2, 0.25) is 0 Å². The van der Waals surface area contributed by atoms with E-state index in [1.807, 2.05) is 54.6 Å². The van der Waals surface area contributed by atoms with Crippen LogP contribution in [0.3, 0.4) is 0 Å². The summed E-state index contributed by atoms with van der Waals surface area (Å²) in [7, 11) is 1.62. The lowest BCUT2D eigenvalue weighted by atomic mass is 10.1. The molecule has 0 aliphatic heterocycles. The Morgan fingerprint density at radius 3 is 2.55 bits per heavy atom. The number of aromatic amines is 1. The molecule has 7 heteroatoms. The van der Waals surface area contributed by atoms with Crippen molar-refractivity contribution >= 4 is 23.0 Å². The maximum atomic E-state index is 12.5. The summed E-state index contributed by atoms with van der Waals surface area (Å²) in [6.45, 7) is 0. The molecule has 0 aliphatic carbocycles. The van der Waals surface area contributed by atoms with Gasteiger partial charge in [0.15, 0.2) is 5.82 Å². The van der Waals surface area contributed by atoms with E-state index < -0.39 is 0 Å². The van der Waals surface area contributed by atoms with Gasteiger partial charge in [-0.25, -0.2) is 4.98 Å². The van der Waals surface area contributed by atoms with Crippen molar-refractivity contribution in [2.24, 2.45) is 7.05 Å². The molecule has 0 radical (unpaired) electrons. The highest BCUT2D eigenvalue weighted by atomic mass is 16.2. The number of rotatable bonds is 5. The van der Waals surface area contributed by atoms with Crippen LogP contribution in [0.4, 0.5) is 17.1 Å². The number of hydrogen-bond acceptors (Lipinski definition) is 4. The van der Waals surface area contributed by atoms with Crippen LogP contribution in [-0.4, -0.2) is 20.4 Å². The van der Waals surface area contributed by atoms with Gasteiger partial charge in [-0.15, -0.1) is 0 Å². The number of nitrogens with zero attached hydrogens (tertiary/aromatic N) is 2. The van der Waals surface area contributed by atoms with E-state index in [0.29, 0.717) is 5.69 Å². The number of pyridine rings is 1. The van der Waals surface area contributed by atoms with Crippen molar-refractivity contribution in [1.82, 2.24) is 14.5 Å². The summed E-state index contributed by atoms with van der Waals surface area (Å²) in [5, 5.41) is 6.08. The van der Waals surface area contributed by atoms with E-state index in [0.717, 1.165) is 22.6 Å². The van der Waals surface area contributed by atoms with Crippen molar-refractivity contribution in [1.29, 1.82) is 0 Å². The number of aromatic nitrogens is 3. The predicted octanol–water partition coefficient (Wildman–Crippen LogP) is 3.77. The molecule has 7 nitrogen and oxygen atoms in total. The molecule has 144 valence electrons. The zero-order valence-corrected chi connectivity index (χ0v) is 15.7. The van der Waals surface area contributed by atoms with Crippen LogP contribution in [-0.2, 0) is 7.05 Å². The molecular weight excluding hydrogens is 366 g/mol. The number of aryl methyl sites for hydroxylation is 1. The second-order valence-corrected chi connectivity index (χ2v) is 6.54. The minimum absolute atomic E-state index is 0.146. The van der Waals surface area contributed by atoms with E-state index in [2.05, 4.69) is 20.6 Å². The highest BCUT2D eigenvalue weighted by Gasteiger charge is 2.12. The van der Waals surface area contributed by atoms with Crippen LogP contribution in [0.15, 0.2) is 83.9 Å². The molecule has 4 aromatic rings. The van der Waals surface area contributed by atoms with E-state index in [4.69, 9.17) is 0 Å². The average Bonchev–Trinajstić information content (AvgIpc) is 3.22. The molecule has 0 saturated heterocycles. The number of amides is 1. The minimum atomic E-state index is -0.381. The Morgan fingerprint density at radius 1 is 0.966 bits per heavy atom. The molecule has 0 unspecified atom stereocenters. The lowest BCUT2D eigenvalue weighted by Gasteiger charge is -2.07. The molecule has 1 amide bonds. The van der Waals surface area contributed by atoms with Gasteiger partial charge in [-0.05, 0) is 30.3 Å². The molecule has 29 heavy (non-hydrogen) atoms. The van der Waals surface area contributed by atoms with E-state index in [-0.39, 0.29) is 17.3 Å². The number of H-pyrrole nitrogens is 1. The first-order valence-electron chi connectivity index (χ1n) is 9.04. The van der Waals surface area contributed by atoms with Crippen LogP contribution in [0.5, 0.6) is 0 Å². The fraction of sp³-hybridized carbons (Fsp3) is 0.0455. The number of carbonyl (C=O) groups is 1. The average molecular weight is 385 g/mol. The van der Waals surface area contributed by atoms with Gasteiger partial charge in [0.1, 0.15) is 0 Å². The third-order valence-electron chi connectivity index (χ3n) is 4.37. The molecule has 2 heterocycles. The number of hydrogen-bond donors (Lipinski definition) is 3. The Morgan fingerprint density at radius 2 is 1.76 bits per heavy atom. The van der Waals surface area contributed by atoms with Crippen LogP contribution in [0, 0.1) is 0 Å². The second kappa shape index (κ2) is 7.85. The molecule has 2 aromatic heterocycles. The van der Waals surface area contributed by atoms with Gasteiger partial charge in [0.05, 0.1) is 17.6 Å². The first-order chi connectivity index (χ1) is 14.1. The SMILES string of the molecule is Cn1cc(NC(=O)c2ncc(-c3cccc(Nc4ccccc4)c3)[nH]2)ccc1=O.